The number of carbonyl (C=O) groups excluding carboxylic acids is 1. The fourth-order valence-corrected chi connectivity index (χ4v) is 4.18. The summed E-state index contributed by atoms with van der Waals surface area (Å²) in [6.07, 6.45) is 1.61. The largest absolute Gasteiger partial charge is 0.461 e. The van der Waals surface area contributed by atoms with Crippen molar-refractivity contribution in [3.8, 4) is 11.6 Å². The summed E-state index contributed by atoms with van der Waals surface area (Å²) in [5.41, 5.74) is 1.38. The Morgan fingerprint density at radius 2 is 1.78 bits per heavy atom. The van der Waals surface area contributed by atoms with E-state index in [1.807, 2.05) is 36.4 Å². The van der Waals surface area contributed by atoms with Crippen LogP contribution in [0, 0.1) is 0 Å². The molecule has 2 aromatic carbocycles. The van der Waals surface area contributed by atoms with E-state index >= 15 is 0 Å². The lowest BCUT2D eigenvalue weighted by atomic mass is 10.2. The van der Waals surface area contributed by atoms with Crippen LogP contribution in [0.2, 0.25) is 10.0 Å². The minimum atomic E-state index is -0.197. The van der Waals surface area contributed by atoms with Crippen molar-refractivity contribution in [2.75, 3.05) is 36.4 Å². The third-order valence-electron chi connectivity index (χ3n) is 5.36. The molecule has 32 heavy (non-hydrogen) atoms. The summed E-state index contributed by atoms with van der Waals surface area (Å²) in [7, 11) is 0. The summed E-state index contributed by atoms with van der Waals surface area (Å²) in [6, 6.07) is 16.4. The monoisotopic (exact) mass is 467 g/mol. The molecule has 0 unspecified atom stereocenters. The molecule has 0 bridgehead atoms. The van der Waals surface area contributed by atoms with E-state index in [0.29, 0.717) is 53.5 Å². The van der Waals surface area contributed by atoms with Crippen LogP contribution in [-0.2, 0) is 0 Å². The smallest absolute Gasteiger partial charge is 0.322 e. The SMILES string of the molecule is O=C(Nc1ccc(Cl)cc1Cl)N1CCN(c2nc(-c3ccco3)nc3ccccc23)CC1. The lowest BCUT2D eigenvalue weighted by molar-refractivity contribution is 0.208. The van der Waals surface area contributed by atoms with Gasteiger partial charge in [-0.3, -0.25) is 0 Å². The van der Waals surface area contributed by atoms with E-state index < -0.39 is 0 Å². The number of para-hydroxylation sites is 1. The molecule has 162 valence electrons. The van der Waals surface area contributed by atoms with Crippen LogP contribution in [0.15, 0.2) is 65.3 Å². The highest BCUT2D eigenvalue weighted by Crippen LogP contribution is 2.29. The number of rotatable bonds is 3. The highest BCUT2D eigenvalue weighted by atomic mass is 35.5. The van der Waals surface area contributed by atoms with Gasteiger partial charge in [-0.15, -0.1) is 0 Å². The van der Waals surface area contributed by atoms with Crippen molar-refractivity contribution in [1.29, 1.82) is 0 Å². The number of aromatic nitrogens is 2. The predicted molar refractivity (Wildman–Crippen MR) is 127 cm³/mol. The van der Waals surface area contributed by atoms with E-state index in [4.69, 9.17) is 32.6 Å². The zero-order valence-corrected chi connectivity index (χ0v) is 18.5. The quantitative estimate of drug-likeness (QED) is 0.427. The van der Waals surface area contributed by atoms with Crippen LogP contribution in [0.25, 0.3) is 22.5 Å². The van der Waals surface area contributed by atoms with Crippen LogP contribution in [-0.4, -0.2) is 47.1 Å². The number of carbonyl (C=O) groups is 1. The Kier molecular flexibility index (Phi) is 5.59. The molecule has 5 rings (SSSR count). The topological polar surface area (TPSA) is 74.5 Å². The second-order valence-corrected chi connectivity index (χ2v) is 8.24. The summed E-state index contributed by atoms with van der Waals surface area (Å²) >= 11 is 12.1. The number of furan rings is 1. The highest BCUT2D eigenvalue weighted by Gasteiger charge is 2.24. The number of hydrogen-bond acceptors (Lipinski definition) is 5. The van der Waals surface area contributed by atoms with Crippen LogP contribution in [0.4, 0.5) is 16.3 Å². The van der Waals surface area contributed by atoms with Crippen LogP contribution in [0.3, 0.4) is 0 Å². The Hall–Kier alpha value is -3.29. The normalized spacial score (nSPS) is 14.1. The Morgan fingerprint density at radius 3 is 2.53 bits per heavy atom. The molecule has 4 aromatic rings. The second-order valence-electron chi connectivity index (χ2n) is 7.39. The van der Waals surface area contributed by atoms with Gasteiger partial charge in [-0.05, 0) is 42.5 Å². The molecule has 1 fully saturated rings. The van der Waals surface area contributed by atoms with Gasteiger partial charge < -0.3 is 19.5 Å². The van der Waals surface area contributed by atoms with Crippen molar-refractivity contribution in [3.63, 3.8) is 0 Å². The third-order valence-corrected chi connectivity index (χ3v) is 5.91. The first kappa shape index (κ1) is 20.6. The highest BCUT2D eigenvalue weighted by molar-refractivity contribution is 6.36. The Bertz CT molecular complexity index is 1270. The van der Waals surface area contributed by atoms with Crippen molar-refractivity contribution in [1.82, 2.24) is 14.9 Å². The molecule has 7 nitrogen and oxygen atoms in total. The van der Waals surface area contributed by atoms with Gasteiger partial charge >= 0.3 is 6.03 Å². The van der Waals surface area contributed by atoms with Gasteiger partial charge in [-0.2, -0.15) is 0 Å². The number of nitrogens with zero attached hydrogens (tertiary/aromatic N) is 4. The van der Waals surface area contributed by atoms with E-state index in [1.54, 1.807) is 29.4 Å². The van der Waals surface area contributed by atoms with Crippen molar-refractivity contribution in [2.24, 2.45) is 0 Å². The number of hydrogen-bond donors (Lipinski definition) is 1. The second kappa shape index (κ2) is 8.68. The maximum Gasteiger partial charge on any atom is 0.322 e. The zero-order chi connectivity index (χ0) is 22.1. The first-order valence-corrected chi connectivity index (χ1v) is 10.9. The molecule has 0 spiro atoms. The Morgan fingerprint density at radius 1 is 0.969 bits per heavy atom. The number of anilines is 2. The molecule has 0 atom stereocenters. The molecule has 1 aliphatic rings. The first-order valence-electron chi connectivity index (χ1n) is 10.1. The average molecular weight is 468 g/mol. The molecule has 0 radical (unpaired) electrons. The van der Waals surface area contributed by atoms with Crippen LogP contribution < -0.4 is 10.2 Å². The molecule has 0 aliphatic carbocycles. The van der Waals surface area contributed by atoms with Crippen LogP contribution >= 0.6 is 23.2 Å². The number of amides is 2. The third kappa shape index (κ3) is 4.09. The maximum atomic E-state index is 12.7. The number of benzene rings is 2. The fraction of sp³-hybridized carbons (Fsp3) is 0.174. The van der Waals surface area contributed by atoms with Gasteiger partial charge in [-0.25, -0.2) is 14.8 Å². The maximum absolute atomic E-state index is 12.7. The van der Waals surface area contributed by atoms with Crippen molar-refractivity contribution in [2.45, 2.75) is 0 Å². The zero-order valence-electron chi connectivity index (χ0n) is 17.0. The van der Waals surface area contributed by atoms with E-state index in [1.165, 1.54) is 0 Å². The van der Waals surface area contributed by atoms with Gasteiger partial charge in [0.1, 0.15) is 5.82 Å². The molecule has 1 saturated heterocycles. The van der Waals surface area contributed by atoms with Crippen LogP contribution in [0.5, 0.6) is 0 Å². The molecule has 2 amide bonds. The molecule has 2 aromatic heterocycles. The molecule has 1 aliphatic heterocycles. The van der Waals surface area contributed by atoms with E-state index in [-0.39, 0.29) is 6.03 Å². The van der Waals surface area contributed by atoms with Gasteiger partial charge in [0.05, 0.1) is 22.5 Å². The number of piperazine rings is 1. The molecule has 1 N–H and O–H groups in total. The fourth-order valence-electron chi connectivity index (χ4n) is 3.72. The summed E-state index contributed by atoms with van der Waals surface area (Å²) < 4.78 is 5.51. The van der Waals surface area contributed by atoms with Gasteiger partial charge in [0.25, 0.3) is 0 Å². The van der Waals surface area contributed by atoms with Gasteiger partial charge in [0, 0.05) is 36.6 Å². The van der Waals surface area contributed by atoms with Crippen molar-refractivity contribution >= 4 is 51.6 Å². The van der Waals surface area contributed by atoms with Crippen molar-refractivity contribution in [3.05, 3.63) is 70.9 Å². The molecule has 0 saturated carbocycles. The molecular formula is C23H19Cl2N5O2. The number of nitrogens with one attached hydrogen (secondary N) is 1. The standard InChI is InChI=1S/C23H19Cl2N5O2/c24-15-7-8-19(17(25)14-15)27-23(31)30-11-9-29(10-12-30)22-16-4-1-2-5-18(16)26-21(28-22)20-6-3-13-32-20/h1-8,13-14H,9-12H2,(H,27,31). The summed E-state index contributed by atoms with van der Waals surface area (Å²) in [5, 5.41) is 4.75. The lowest BCUT2D eigenvalue weighted by Crippen LogP contribution is -2.50. The van der Waals surface area contributed by atoms with E-state index in [0.717, 1.165) is 16.7 Å². The molecule has 9 heteroatoms. The minimum absolute atomic E-state index is 0.197. The number of urea groups is 1. The summed E-state index contributed by atoms with van der Waals surface area (Å²) in [6.45, 7) is 2.37. The number of halogens is 2. The van der Waals surface area contributed by atoms with Gasteiger partial charge in [0.15, 0.2) is 11.6 Å². The van der Waals surface area contributed by atoms with Gasteiger partial charge in [0.2, 0.25) is 0 Å². The van der Waals surface area contributed by atoms with E-state index in [2.05, 4.69) is 15.2 Å². The summed E-state index contributed by atoms with van der Waals surface area (Å²) in [4.78, 5) is 26.1. The lowest BCUT2D eigenvalue weighted by Gasteiger charge is -2.35. The molecular weight excluding hydrogens is 449 g/mol. The Balaban J connectivity index is 1.34. The number of fused-ring (bicyclic) bond motifs is 1. The molecule has 3 heterocycles. The Labute approximate surface area is 194 Å². The predicted octanol–water partition coefficient (Wildman–Crippen LogP) is 5.55. The van der Waals surface area contributed by atoms with E-state index in [9.17, 15) is 4.79 Å². The minimum Gasteiger partial charge on any atom is -0.461 e. The van der Waals surface area contributed by atoms with Crippen LogP contribution in [0.1, 0.15) is 0 Å². The first-order chi connectivity index (χ1) is 15.6. The van der Waals surface area contributed by atoms with Gasteiger partial charge in [-0.1, -0.05) is 35.3 Å². The summed E-state index contributed by atoms with van der Waals surface area (Å²) in [5.74, 6) is 2.00. The van der Waals surface area contributed by atoms with Crippen molar-refractivity contribution < 1.29 is 9.21 Å². The average Bonchev–Trinajstić information content (AvgIpc) is 3.35.